The van der Waals surface area contributed by atoms with E-state index in [1.165, 1.54) is 31.5 Å². The summed E-state index contributed by atoms with van der Waals surface area (Å²) in [5.74, 6) is -0.431. The van der Waals surface area contributed by atoms with Gasteiger partial charge in [0.2, 0.25) is 11.7 Å². The van der Waals surface area contributed by atoms with Gasteiger partial charge in [-0.2, -0.15) is 13.8 Å². The molecule has 0 radical (unpaired) electrons. The van der Waals surface area contributed by atoms with Crippen LogP contribution in [0.3, 0.4) is 0 Å². The van der Waals surface area contributed by atoms with Crippen molar-refractivity contribution in [1.29, 1.82) is 0 Å². The lowest BCUT2D eigenvalue weighted by Crippen LogP contribution is -2.19. The standard InChI is InChI=1S/C21H19ClF3N3O3/c1-11-6-12(2)17(31-20(24)25)8-16(11)26-21-27-19(29)18(30-3)10-28(21)9-13-4-5-15(23)14(22)7-13/h4-8,10,20H,9H2,1-3H3,(H,26,27,29). The molecule has 3 aromatic rings. The molecule has 0 atom stereocenters. The third-order valence-electron chi connectivity index (χ3n) is 4.50. The van der Waals surface area contributed by atoms with Gasteiger partial charge in [-0.05, 0) is 42.7 Å². The smallest absolute Gasteiger partial charge is 0.387 e. The summed E-state index contributed by atoms with van der Waals surface area (Å²) in [6, 6.07) is 7.31. The molecular weight excluding hydrogens is 435 g/mol. The van der Waals surface area contributed by atoms with Gasteiger partial charge in [0.05, 0.1) is 24.9 Å². The first-order valence-corrected chi connectivity index (χ1v) is 9.48. The summed E-state index contributed by atoms with van der Waals surface area (Å²) in [6.07, 6.45) is 1.44. The Balaban J connectivity index is 2.03. The molecular formula is C21H19ClF3N3O3. The van der Waals surface area contributed by atoms with E-state index >= 15 is 0 Å². The van der Waals surface area contributed by atoms with Crippen LogP contribution in [-0.4, -0.2) is 23.3 Å². The zero-order chi connectivity index (χ0) is 22.7. The Morgan fingerprint density at radius 3 is 2.55 bits per heavy atom. The van der Waals surface area contributed by atoms with Gasteiger partial charge in [-0.1, -0.05) is 23.7 Å². The van der Waals surface area contributed by atoms with Crippen LogP contribution in [0.5, 0.6) is 11.5 Å². The van der Waals surface area contributed by atoms with E-state index in [0.717, 1.165) is 5.56 Å². The second-order valence-electron chi connectivity index (χ2n) is 6.75. The minimum atomic E-state index is -2.98. The molecule has 1 heterocycles. The van der Waals surface area contributed by atoms with Crippen LogP contribution in [0.25, 0.3) is 0 Å². The van der Waals surface area contributed by atoms with Gasteiger partial charge < -0.3 is 19.4 Å². The Labute approximate surface area is 181 Å². The van der Waals surface area contributed by atoms with E-state index in [1.54, 1.807) is 30.5 Å². The second kappa shape index (κ2) is 9.30. The number of halogens is 4. The number of aromatic nitrogens is 2. The Hall–Kier alpha value is -3.20. The van der Waals surface area contributed by atoms with Gasteiger partial charge in [0.1, 0.15) is 11.6 Å². The van der Waals surface area contributed by atoms with Gasteiger partial charge in [0.25, 0.3) is 0 Å². The molecule has 0 amide bonds. The Bertz CT molecular complexity index is 1170. The average molecular weight is 454 g/mol. The largest absolute Gasteiger partial charge is 0.490 e. The third kappa shape index (κ3) is 5.29. The lowest BCUT2D eigenvalue weighted by Gasteiger charge is -2.18. The zero-order valence-electron chi connectivity index (χ0n) is 16.9. The molecule has 0 aliphatic heterocycles. The van der Waals surface area contributed by atoms with Crippen molar-refractivity contribution < 1.29 is 22.6 Å². The summed E-state index contributed by atoms with van der Waals surface area (Å²) in [5, 5.41) is 2.94. The molecule has 0 saturated heterocycles. The highest BCUT2D eigenvalue weighted by Gasteiger charge is 2.15. The van der Waals surface area contributed by atoms with Crippen LogP contribution in [0, 0.1) is 19.7 Å². The van der Waals surface area contributed by atoms with Crippen molar-refractivity contribution >= 4 is 23.2 Å². The van der Waals surface area contributed by atoms with E-state index in [9.17, 15) is 18.0 Å². The molecule has 0 aliphatic carbocycles. The summed E-state index contributed by atoms with van der Waals surface area (Å²) < 4.78 is 50.1. The van der Waals surface area contributed by atoms with Gasteiger partial charge in [-0.3, -0.25) is 4.79 Å². The van der Waals surface area contributed by atoms with Crippen LogP contribution in [0.4, 0.5) is 24.8 Å². The maximum absolute atomic E-state index is 13.5. The maximum atomic E-state index is 13.5. The predicted molar refractivity (Wildman–Crippen MR) is 111 cm³/mol. The monoisotopic (exact) mass is 453 g/mol. The number of nitrogens with one attached hydrogen (secondary N) is 1. The lowest BCUT2D eigenvalue weighted by molar-refractivity contribution is -0.0502. The van der Waals surface area contributed by atoms with E-state index in [2.05, 4.69) is 15.0 Å². The maximum Gasteiger partial charge on any atom is 0.387 e. The highest BCUT2D eigenvalue weighted by molar-refractivity contribution is 6.30. The molecule has 0 fully saturated rings. The number of methoxy groups -OCH3 is 1. The van der Waals surface area contributed by atoms with Crippen molar-refractivity contribution in [3.63, 3.8) is 0 Å². The second-order valence-corrected chi connectivity index (χ2v) is 7.16. The number of hydrogen-bond acceptors (Lipinski definition) is 5. The third-order valence-corrected chi connectivity index (χ3v) is 4.79. The molecule has 0 spiro atoms. The quantitative estimate of drug-likeness (QED) is 0.542. The van der Waals surface area contributed by atoms with Crippen molar-refractivity contribution in [3.05, 3.63) is 74.4 Å². The first-order chi connectivity index (χ1) is 14.7. The number of aryl methyl sites for hydroxylation is 2. The molecule has 0 aliphatic rings. The van der Waals surface area contributed by atoms with Crippen LogP contribution >= 0.6 is 11.6 Å². The van der Waals surface area contributed by atoms with E-state index in [-0.39, 0.29) is 29.0 Å². The number of rotatable bonds is 7. The minimum Gasteiger partial charge on any atom is -0.490 e. The summed E-state index contributed by atoms with van der Waals surface area (Å²) in [5.41, 5.74) is 1.70. The fraction of sp³-hybridized carbons (Fsp3) is 0.238. The van der Waals surface area contributed by atoms with Crippen molar-refractivity contribution in [2.24, 2.45) is 0 Å². The average Bonchev–Trinajstić information content (AvgIpc) is 2.70. The predicted octanol–water partition coefficient (Wildman–Crippen LogP) is 5.05. The summed E-state index contributed by atoms with van der Waals surface area (Å²) in [6.45, 7) is 0.619. The molecule has 1 N–H and O–H groups in total. The number of nitrogens with zero attached hydrogens (tertiary/aromatic N) is 2. The molecule has 164 valence electrons. The Kier molecular flexibility index (Phi) is 6.74. The lowest BCUT2D eigenvalue weighted by atomic mass is 10.1. The zero-order valence-corrected chi connectivity index (χ0v) is 17.6. The fourth-order valence-corrected chi connectivity index (χ4v) is 3.18. The topological polar surface area (TPSA) is 65.4 Å². The number of anilines is 2. The van der Waals surface area contributed by atoms with E-state index in [1.807, 2.05) is 0 Å². The van der Waals surface area contributed by atoms with Crippen LogP contribution in [0.2, 0.25) is 5.02 Å². The number of hydrogen-bond donors (Lipinski definition) is 1. The molecule has 0 saturated carbocycles. The first-order valence-electron chi connectivity index (χ1n) is 9.10. The molecule has 1 aromatic heterocycles. The van der Waals surface area contributed by atoms with Crippen LogP contribution in [-0.2, 0) is 6.54 Å². The molecule has 2 aromatic carbocycles. The van der Waals surface area contributed by atoms with Gasteiger partial charge in [-0.25, -0.2) is 4.39 Å². The molecule has 6 nitrogen and oxygen atoms in total. The van der Waals surface area contributed by atoms with Crippen LogP contribution < -0.4 is 20.3 Å². The molecule has 3 rings (SSSR count). The summed E-state index contributed by atoms with van der Waals surface area (Å²) in [4.78, 5) is 16.2. The van der Waals surface area contributed by atoms with Gasteiger partial charge in [0.15, 0.2) is 0 Å². The van der Waals surface area contributed by atoms with Crippen molar-refractivity contribution in [2.45, 2.75) is 27.0 Å². The Morgan fingerprint density at radius 2 is 1.90 bits per heavy atom. The molecule has 0 bridgehead atoms. The SMILES string of the molecule is COc1cn(Cc2ccc(F)c(Cl)c2)c(Nc2cc(OC(F)F)c(C)cc2C)nc1=O. The van der Waals surface area contributed by atoms with Crippen LogP contribution in [0.1, 0.15) is 16.7 Å². The minimum absolute atomic E-state index is 0.00103. The van der Waals surface area contributed by atoms with Gasteiger partial charge >= 0.3 is 12.2 Å². The normalized spacial score (nSPS) is 11.0. The molecule has 31 heavy (non-hydrogen) atoms. The van der Waals surface area contributed by atoms with E-state index < -0.39 is 18.0 Å². The molecule has 10 heteroatoms. The highest BCUT2D eigenvalue weighted by Crippen LogP contribution is 2.30. The number of alkyl halides is 2. The van der Waals surface area contributed by atoms with Crippen LogP contribution in [0.15, 0.2) is 41.3 Å². The highest BCUT2D eigenvalue weighted by atomic mass is 35.5. The van der Waals surface area contributed by atoms with Gasteiger partial charge in [0, 0.05) is 11.8 Å². The van der Waals surface area contributed by atoms with Gasteiger partial charge in [-0.15, -0.1) is 0 Å². The molecule has 0 unspecified atom stereocenters. The first kappa shape index (κ1) is 22.5. The van der Waals surface area contributed by atoms with Crippen molar-refractivity contribution in [1.82, 2.24) is 9.55 Å². The summed E-state index contributed by atoms with van der Waals surface area (Å²) in [7, 11) is 1.34. The summed E-state index contributed by atoms with van der Waals surface area (Å²) >= 11 is 5.86. The van der Waals surface area contributed by atoms with E-state index in [4.69, 9.17) is 16.3 Å². The van der Waals surface area contributed by atoms with Crippen molar-refractivity contribution in [3.8, 4) is 11.5 Å². The Morgan fingerprint density at radius 1 is 1.16 bits per heavy atom. The number of benzene rings is 2. The fourth-order valence-electron chi connectivity index (χ4n) is 2.98. The number of ether oxygens (including phenoxy) is 2. The van der Waals surface area contributed by atoms with Crippen molar-refractivity contribution in [2.75, 3.05) is 12.4 Å². The van der Waals surface area contributed by atoms with E-state index in [0.29, 0.717) is 16.8 Å².